The topological polar surface area (TPSA) is 60.4 Å². The van der Waals surface area contributed by atoms with Gasteiger partial charge < -0.3 is 4.57 Å². The predicted molar refractivity (Wildman–Crippen MR) is 147 cm³/mol. The molecule has 1 aliphatic heterocycles. The number of aromatic nitrogens is 5. The number of hydrogen-bond acceptors (Lipinski definition) is 4. The summed E-state index contributed by atoms with van der Waals surface area (Å²) in [5, 5.41) is 8.35. The van der Waals surface area contributed by atoms with Gasteiger partial charge in [-0.1, -0.05) is 18.6 Å². The number of rotatable bonds is 6. The molecule has 1 unspecified atom stereocenters. The first kappa shape index (κ1) is 29.5. The van der Waals surface area contributed by atoms with Crippen LogP contribution in [0.15, 0.2) is 53.8 Å². The van der Waals surface area contributed by atoms with E-state index in [2.05, 4.69) is 10.2 Å². The van der Waals surface area contributed by atoms with Crippen LogP contribution in [0.5, 0.6) is 0 Å². The Morgan fingerprint density at radius 1 is 0.977 bits per heavy atom. The molecule has 3 aromatic heterocycles. The Bertz CT molecular complexity index is 1680. The van der Waals surface area contributed by atoms with Crippen LogP contribution in [-0.2, 0) is 13.2 Å². The molecule has 2 aliphatic rings. The smallest absolute Gasteiger partial charge is 0.320 e. The molecule has 230 valence electrons. The maximum atomic E-state index is 14.4. The number of aryl methyl sites for hydroxylation is 1. The lowest BCUT2D eigenvalue weighted by Gasteiger charge is -2.37. The summed E-state index contributed by atoms with van der Waals surface area (Å²) in [6, 6.07) is 7.37. The summed E-state index contributed by atoms with van der Waals surface area (Å²) in [5.74, 6) is -0.525. The summed E-state index contributed by atoms with van der Waals surface area (Å²) < 4.78 is 87.4. The van der Waals surface area contributed by atoms with Crippen LogP contribution in [0.25, 0.3) is 11.2 Å². The lowest BCUT2D eigenvalue weighted by molar-refractivity contribution is -0.188. The molecule has 0 spiro atoms. The summed E-state index contributed by atoms with van der Waals surface area (Å²) in [7, 11) is 1.86. The van der Waals surface area contributed by atoms with E-state index in [0.717, 1.165) is 41.1 Å². The normalized spacial score (nSPS) is 20.3. The van der Waals surface area contributed by atoms with Crippen molar-refractivity contribution in [3.05, 3.63) is 82.1 Å². The van der Waals surface area contributed by atoms with Crippen molar-refractivity contribution in [3.63, 3.8) is 0 Å². The fourth-order valence-electron chi connectivity index (χ4n) is 6.53. The SMILES string of the molecule is C[C@@H](c1cc(C(F)(F)F)c2cn(-c3cccc(C(c4nncn4C)C4CCC4)c3)c(=O)n2c1)N1CCC[C@@H](C(F)(F)F)C1. The number of nitrogens with zero attached hydrogens (tertiary/aromatic N) is 6. The summed E-state index contributed by atoms with van der Waals surface area (Å²) >= 11 is 0. The van der Waals surface area contributed by atoms with E-state index in [9.17, 15) is 31.1 Å². The monoisotopic (exact) mass is 606 g/mol. The molecule has 0 N–H and O–H groups in total. The van der Waals surface area contributed by atoms with Gasteiger partial charge in [-0.15, -0.1) is 10.2 Å². The Morgan fingerprint density at radius 3 is 2.37 bits per heavy atom. The third-order valence-corrected chi connectivity index (χ3v) is 9.19. The van der Waals surface area contributed by atoms with Gasteiger partial charge >= 0.3 is 18.0 Å². The third kappa shape index (κ3) is 5.47. The van der Waals surface area contributed by atoms with Crippen LogP contribution in [-0.4, -0.2) is 47.9 Å². The van der Waals surface area contributed by atoms with E-state index in [1.807, 2.05) is 17.7 Å². The van der Waals surface area contributed by atoms with E-state index < -0.39 is 35.6 Å². The number of halogens is 6. The van der Waals surface area contributed by atoms with Gasteiger partial charge in [-0.3, -0.25) is 13.9 Å². The van der Waals surface area contributed by atoms with Gasteiger partial charge in [-0.05, 0) is 74.4 Å². The molecule has 7 nitrogen and oxygen atoms in total. The van der Waals surface area contributed by atoms with Crippen molar-refractivity contribution in [1.29, 1.82) is 0 Å². The van der Waals surface area contributed by atoms with Crippen LogP contribution >= 0.6 is 0 Å². The Morgan fingerprint density at radius 2 is 1.74 bits per heavy atom. The Hall–Kier alpha value is -3.61. The zero-order chi connectivity index (χ0) is 30.7. The first-order chi connectivity index (χ1) is 20.3. The third-order valence-electron chi connectivity index (χ3n) is 9.19. The van der Waals surface area contributed by atoms with Crippen molar-refractivity contribution < 1.29 is 26.3 Å². The fourth-order valence-corrected chi connectivity index (χ4v) is 6.53. The lowest BCUT2D eigenvalue weighted by Crippen LogP contribution is -2.42. The van der Waals surface area contributed by atoms with E-state index >= 15 is 0 Å². The van der Waals surface area contributed by atoms with Crippen LogP contribution in [0.1, 0.15) is 73.5 Å². The molecule has 4 heterocycles. The quantitative estimate of drug-likeness (QED) is 0.235. The summed E-state index contributed by atoms with van der Waals surface area (Å²) in [6.07, 6.45) is -1.66. The minimum atomic E-state index is -4.79. The van der Waals surface area contributed by atoms with Crippen LogP contribution < -0.4 is 5.69 Å². The van der Waals surface area contributed by atoms with Crippen molar-refractivity contribution >= 4 is 5.52 Å². The van der Waals surface area contributed by atoms with Gasteiger partial charge in [0.15, 0.2) is 0 Å². The largest absolute Gasteiger partial charge is 0.418 e. The highest BCUT2D eigenvalue weighted by atomic mass is 19.4. The van der Waals surface area contributed by atoms with Gasteiger partial charge in [0.25, 0.3) is 0 Å². The first-order valence-corrected chi connectivity index (χ1v) is 14.4. The molecule has 1 saturated heterocycles. The van der Waals surface area contributed by atoms with Crippen molar-refractivity contribution in [2.75, 3.05) is 13.1 Å². The van der Waals surface area contributed by atoms with Crippen molar-refractivity contribution in [3.8, 4) is 5.69 Å². The molecular weight excluding hydrogens is 574 g/mol. The molecule has 6 rings (SSSR count). The van der Waals surface area contributed by atoms with Crippen LogP contribution in [0.2, 0.25) is 0 Å². The number of likely N-dealkylation sites (tertiary alicyclic amines) is 1. The molecule has 0 amide bonds. The maximum Gasteiger partial charge on any atom is 0.418 e. The van der Waals surface area contributed by atoms with Gasteiger partial charge in [0.1, 0.15) is 12.2 Å². The molecule has 3 atom stereocenters. The standard InChI is InChI=1S/C30H32F6N6O/c1-18(40-11-5-9-22(15-40)29(31,32)33)21-13-24(30(34,35)36)25-16-41(28(43)42(25)14-21)23-10-4-8-20(12-23)26(19-6-3-7-19)27-38-37-17-39(27)2/h4,8,10,12-14,16-19,22,26H,3,5-7,9,11,15H2,1-2H3/t18-,22+,26?/m0/s1. The maximum absolute atomic E-state index is 14.4. The van der Waals surface area contributed by atoms with Crippen LogP contribution in [0, 0.1) is 11.8 Å². The summed E-state index contributed by atoms with van der Waals surface area (Å²) in [6.45, 7) is 1.60. The minimum Gasteiger partial charge on any atom is -0.320 e. The minimum absolute atomic E-state index is 0.0147. The number of hydrogen-bond donors (Lipinski definition) is 0. The van der Waals surface area contributed by atoms with E-state index in [4.69, 9.17) is 0 Å². The van der Waals surface area contributed by atoms with Crippen molar-refractivity contribution in [2.45, 2.75) is 63.3 Å². The zero-order valence-electron chi connectivity index (χ0n) is 23.7. The number of piperidine rings is 1. The fraction of sp³-hybridized carbons (Fsp3) is 0.500. The molecule has 4 aromatic rings. The van der Waals surface area contributed by atoms with Gasteiger partial charge in [-0.2, -0.15) is 26.3 Å². The van der Waals surface area contributed by atoms with Crippen LogP contribution in [0.4, 0.5) is 26.3 Å². The predicted octanol–water partition coefficient (Wildman–Crippen LogP) is 6.50. The highest BCUT2D eigenvalue weighted by Crippen LogP contribution is 2.43. The summed E-state index contributed by atoms with van der Waals surface area (Å²) in [5.41, 5.74) is -0.616. The average Bonchev–Trinajstić information content (AvgIpc) is 3.51. The average molecular weight is 607 g/mol. The second-order valence-corrected chi connectivity index (χ2v) is 11.8. The molecule has 2 fully saturated rings. The molecule has 1 aromatic carbocycles. The first-order valence-electron chi connectivity index (χ1n) is 14.4. The summed E-state index contributed by atoms with van der Waals surface area (Å²) in [4.78, 5) is 15.2. The highest BCUT2D eigenvalue weighted by Gasteiger charge is 2.43. The van der Waals surface area contributed by atoms with Crippen molar-refractivity contribution in [1.82, 2.24) is 28.6 Å². The Labute approximate surface area is 243 Å². The van der Waals surface area contributed by atoms with E-state index in [1.54, 1.807) is 36.4 Å². The van der Waals surface area contributed by atoms with Gasteiger partial charge in [0.05, 0.1) is 22.7 Å². The van der Waals surface area contributed by atoms with Gasteiger partial charge in [-0.25, -0.2) is 4.79 Å². The number of imidazole rings is 1. The molecule has 1 aliphatic carbocycles. The molecule has 43 heavy (non-hydrogen) atoms. The van der Waals surface area contributed by atoms with Gasteiger partial charge in [0.2, 0.25) is 0 Å². The molecule has 13 heteroatoms. The second-order valence-electron chi connectivity index (χ2n) is 11.8. The van der Waals surface area contributed by atoms with E-state index in [-0.39, 0.29) is 36.4 Å². The Balaban J connectivity index is 1.42. The molecule has 1 saturated carbocycles. The van der Waals surface area contributed by atoms with Crippen LogP contribution in [0.3, 0.4) is 0 Å². The molecular formula is C30H32F6N6O. The second kappa shape index (κ2) is 10.8. The molecule has 0 radical (unpaired) electrons. The number of fused-ring (bicyclic) bond motifs is 1. The Kier molecular flexibility index (Phi) is 7.42. The number of pyridine rings is 1. The van der Waals surface area contributed by atoms with E-state index in [1.165, 1.54) is 17.0 Å². The number of alkyl halides is 6. The van der Waals surface area contributed by atoms with Crippen molar-refractivity contribution in [2.24, 2.45) is 18.9 Å². The van der Waals surface area contributed by atoms with Gasteiger partial charge in [0, 0.05) is 37.9 Å². The molecule has 0 bridgehead atoms. The lowest BCUT2D eigenvalue weighted by atomic mass is 9.72. The highest BCUT2D eigenvalue weighted by molar-refractivity contribution is 5.58. The van der Waals surface area contributed by atoms with E-state index in [0.29, 0.717) is 18.2 Å². The number of benzene rings is 1. The zero-order valence-corrected chi connectivity index (χ0v) is 23.7.